The van der Waals surface area contributed by atoms with Gasteiger partial charge in [0.15, 0.2) is 0 Å². The van der Waals surface area contributed by atoms with Crippen LogP contribution in [0.3, 0.4) is 0 Å². The number of carbonyl (C=O) groups is 1. The number of amides is 1. The highest BCUT2D eigenvalue weighted by Crippen LogP contribution is 2.20. The lowest BCUT2D eigenvalue weighted by atomic mass is 10.2. The number of benzene rings is 1. The van der Waals surface area contributed by atoms with E-state index in [0.717, 1.165) is 0 Å². The van der Waals surface area contributed by atoms with Gasteiger partial charge in [0, 0.05) is 11.6 Å². The van der Waals surface area contributed by atoms with Crippen LogP contribution in [0.4, 0.5) is 0 Å². The molecule has 0 aliphatic heterocycles. The first-order valence-electron chi connectivity index (χ1n) is 5.02. The van der Waals surface area contributed by atoms with Gasteiger partial charge in [0.1, 0.15) is 0 Å². The molecule has 0 spiro atoms. The zero-order valence-corrected chi connectivity index (χ0v) is 11.3. The fourth-order valence-electron chi connectivity index (χ4n) is 1.23. The van der Waals surface area contributed by atoms with E-state index in [1.165, 1.54) is 6.07 Å². The van der Waals surface area contributed by atoms with Crippen molar-refractivity contribution in [2.45, 2.75) is 12.8 Å². The van der Waals surface area contributed by atoms with Gasteiger partial charge in [-0.15, -0.1) is 0 Å². The van der Waals surface area contributed by atoms with Crippen molar-refractivity contribution in [2.75, 3.05) is 6.54 Å². The van der Waals surface area contributed by atoms with Crippen LogP contribution in [-0.2, 0) is 0 Å². The predicted octanol–water partition coefficient (Wildman–Crippen LogP) is 2.79. The summed E-state index contributed by atoms with van der Waals surface area (Å²) in [6.45, 7) is 0.499. The second-order valence-electron chi connectivity index (χ2n) is 3.45. The molecule has 0 unspecified atom stereocenters. The van der Waals surface area contributed by atoms with Crippen LogP contribution in [0.1, 0.15) is 23.2 Å². The SMILES string of the molecule is NC(=S)CCCNC(=O)c1cc(Cl)ccc1Cl. The molecule has 0 radical (unpaired) electrons. The van der Waals surface area contributed by atoms with Crippen molar-refractivity contribution in [1.82, 2.24) is 5.32 Å². The Labute approximate surface area is 115 Å². The summed E-state index contributed by atoms with van der Waals surface area (Å²) in [6, 6.07) is 4.76. The minimum absolute atomic E-state index is 0.250. The van der Waals surface area contributed by atoms with Crippen LogP contribution < -0.4 is 11.1 Å². The maximum Gasteiger partial charge on any atom is 0.252 e. The fraction of sp³-hybridized carbons (Fsp3) is 0.273. The van der Waals surface area contributed by atoms with E-state index in [1.807, 2.05) is 0 Å². The topological polar surface area (TPSA) is 55.1 Å². The Morgan fingerprint density at radius 2 is 2.12 bits per heavy atom. The van der Waals surface area contributed by atoms with Crippen LogP contribution >= 0.6 is 35.4 Å². The van der Waals surface area contributed by atoms with Gasteiger partial charge in [-0.1, -0.05) is 35.4 Å². The van der Waals surface area contributed by atoms with Gasteiger partial charge in [-0.2, -0.15) is 0 Å². The molecule has 6 heteroatoms. The molecule has 1 rings (SSSR count). The van der Waals surface area contributed by atoms with Gasteiger partial charge >= 0.3 is 0 Å². The van der Waals surface area contributed by atoms with Crippen molar-refractivity contribution < 1.29 is 4.79 Å². The molecule has 0 saturated carbocycles. The average molecular weight is 291 g/mol. The van der Waals surface area contributed by atoms with Gasteiger partial charge in [0.05, 0.1) is 15.6 Å². The van der Waals surface area contributed by atoms with Crippen LogP contribution in [0.25, 0.3) is 0 Å². The molecule has 3 nitrogen and oxygen atoms in total. The smallest absolute Gasteiger partial charge is 0.252 e. The van der Waals surface area contributed by atoms with Crippen molar-refractivity contribution >= 4 is 46.3 Å². The number of hydrogen-bond donors (Lipinski definition) is 2. The highest BCUT2D eigenvalue weighted by Gasteiger charge is 2.10. The number of nitrogens with two attached hydrogens (primary N) is 1. The molecule has 0 aliphatic rings. The van der Waals surface area contributed by atoms with E-state index in [1.54, 1.807) is 12.1 Å². The number of hydrogen-bond acceptors (Lipinski definition) is 2. The fourth-order valence-corrected chi connectivity index (χ4v) is 1.75. The standard InChI is InChI=1S/C11H12Cl2N2OS/c12-7-3-4-9(13)8(6-7)11(16)15-5-1-2-10(14)17/h3-4,6H,1-2,5H2,(H2,14,17)(H,15,16). The molecular formula is C11H12Cl2N2OS. The predicted molar refractivity (Wildman–Crippen MR) is 74.8 cm³/mol. The molecule has 0 aromatic heterocycles. The molecule has 3 N–H and O–H groups in total. The lowest BCUT2D eigenvalue weighted by Crippen LogP contribution is -2.25. The van der Waals surface area contributed by atoms with Crippen molar-refractivity contribution in [2.24, 2.45) is 5.73 Å². The number of rotatable bonds is 5. The molecule has 0 saturated heterocycles. The molecule has 0 atom stereocenters. The number of nitrogens with one attached hydrogen (secondary N) is 1. The first-order chi connectivity index (χ1) is 8.00. The quantitative estimate of drug-likeness (QED) is 0.648. The van der Waals surface area contributed by atoms with Gasteiger partial charge in [-0.05, 0) is 31.0 Å². The zero-order valence-electron chi connectivity index (χ0n) is 9.00. The summed E-state index contributed by atoms with van der Waals surface area (Å²) in [7, 11) is 0. The third kappa shape index (κ3) is 4.89. The highest BCUT2D eigenvalue weighted by atomic mass is 35.5. The van der Waals surface area contributed by atoms with Crippen molar-refractivity contribution in [3.8, 4) is 0 Å². The lowest BCUT2D eigenvalue weighted by molar-refractivity contribution is 0.0953. The molecule has 1 aromatic carbocycles. The van der Waals surface area contributed by atoms with Gasteiger partial charge in [-0.3, -0.25) is 4.79 Å². The summed E-state index contributed by atoms with van der Waals surface area (Å²) < 4.78 is 0. The molecule has 0 heterocycles. The Morgan fingerprint density at radius 1 is 1.41 bits per heavy atom. The van der Waals surface area contributed by atoms with Crippen molar-refractivity contribution in [3.05, 3.63) is 33.8 Å². The minimum Gasteiger partial charge on any atom is -0.393 e. The van der Waals surface area contributed by atoms with E-state index in [2.05, 4.69) is 5.32 Å². The number of carbonyl (C=O) groups excluding carboxylic acids is 1. The van der Waals surface area contributed by atoms with Crippen LogP contribution in [0.5, 0.6) is 0 Å². The molecule has 17 heavy (non-hydrogen) atoms. The summed E-state index contributed by atoms with van der Waals surface area (Å²) in [6.07, 6.45) is 1.32. The first kappa shape index (κ1) is 14.2. The van der Waals surface area contributed by atoms with E-state index < -0.39 is 0 Å². The largest absolute Gasteiger partial charge is 0.393 e. The van der Waals surface area contributed by atoms with Gasteiger partial charge < -0.3 is 11.1 Å². The lowest BCUT2D eigenvalue weighted by Gasteiger charge is -2.06. The number of thiocarbonyl (C=S) groups is 1. The Kier molecular flexibility index (Phi) is 5.68. The van der Waals surface area contributed by atoms with Crippen LogP contribution in [-0.4, -0.2) is 17.4 Å². The highest BCUT2D eigenvalue weighted by molar-refractivity contribution is 7.80. The third-order valence-corrected chi connectivity index (χ3v) is 2.83. The Bertz CT molecular complexity index is 437. The Morgan fingerprint density at radius 3 is 2.76 bits per heavy atom. The van der Waals surface area contributed by atoms with Crippen LogP contribution in [0.15, 0.2) is 18.2 Å². The maximum atomic E-state index is 11.7. The van der Waals surface area contributed by atoms with Gasteiger partial charge in [-0.25, -0.2) is 0 Å². The molecule has 0 fully saturated rings. The summed E-state index contributed by atoms with van der Waals surface area (Å²) in [4.78, 5) is 12.2. The zero-order chi connectivity index (χ0) is 12.8. The van der Waals surface area contributed by atoms with Crippen molar-refractivity contribution in [3.63, 3.8) is 0 Å². The summed E-state index contributed by atoms with van der Waals surface area (Å²) in [5, 5.41) is 3.58. The van der Waals surface area contributed by atoms with Crippen LogP contribution in [0, 0.1) is 0 Å². The maximum absolute atomic E-state index is 11.7. The Hall–Kier alpha value is -0.840. The minimum atomic E-state index is -0.250. The monoisotopic (exact) mass is 290 g/mol. The first-order valence-corrected chi connectivity index (χ1v) is 6.18. The molecule has 0 bridgehead atoms. The second-order valence-corrected chi connectivity index (χ2v) is 4.82. The summed E-state index contributed by atoms with van der Waals surface area (Å²) in [5.41, 5.74) is 5.71. The van der Waals surface area contributed by atoms with Gasteiger partial charge in [0.2, 0.25) is 0 Å². The molecule has 1 aromatic rings. The molecule has 0 aliphatic carbocycles. The summed E-state index contributed by atoms with van der Waals surface area (Å²) >= 11 is 16.4. The van der Waals surface area contributed by atoms with E-state index in [9.17, 15) is 4.79 Å². The van der Waals surface area contributed by atoms with Crippen LogP contribution in [0.2, 0.25) is 10.0 Å². The number of halogens is 2. The second kappa shape index (κ2) is 6.79. The molecule has 1 amide bonds. The Balaban J connectivity index is 2.52. The van der Waals surface area contributed by atoms with E-state index in [-0.39, 0.29) is 5.91 Å². The molecule has 92 valence electrons. The van der Waals surface area contributed by atoms with E-state index >= 15 is 0 Å². The summed E-state index contributed by atoms with van der Waals surface area (Å²) in [5.74, 6) is -0.250. The normalized spacial score (nSPS) is 10.0. The van der Waals surface area contributed by atoms with Gasteiger partial charge in [0.25, 0.3) is 5.91 Å². The van der Waals surface area contributed by atoms with E-state index in [4.69, 9.17) is 41.2 Å². The third-order valence-electron chi connectivity index (χ3n) is 2.06. The van der Waals surface area contributed by atoms with E-state index in [0.29, 0.717) is 40.0 Å². The molecular weight excluding hydrogens is 279 g/mol. The van der Waals surface area contributed by atoms with Crippen molar-refractivity contribution in [1.29, 1.82) is 0 Å². The average Bonchev–Trinajstić information content (AvgIpc) is 2.27.